The van der Waals surface area contributed by atoms with Crippen LogP contribution >= 0.6 is 23.7 Å². The van der Waals surface area contributed by atoms with Crippen molar-refractivity contribution >= 4 is 34.8 Å². The van der Waals surface area contributed by atoms with Gasteiger partial charge in [0.05, 0.1) is 4.88 Å². The molecule has 0 saturated heterocycles. The quantitative estimate of drug-likeness (QED) is 0.897. The number of hydrogen-bond acceptors (Lipinski definition) is 4. The second-order valence-corrected chi connectivity index (χ2v) is 6.54. The van der Waals surface area contributed by atoms with Gasteiger partial charge >= 0.3 is 0 Å². The van der Waals surface area contributed by atoms with E-state index in [9.17, 15) is 4.79 Å². The van der Waals surface area contributed by atoms with Crippen LogP contribution < -0.4 is 11.1 Å². The molecule has 1 aromatic carbocycles. The Hall–Kier alpha value is -1.43. The second kappa shape index (κ2) is 7.72. The molecule has 0 aliphatic heterocycles. The fraction of sp³-hybridized carbons (Fsp3) is 0.375. The number of carbonyl (C=O) groups excluding carboxylic acids is 1. The van der Waals surface area contributed by atoms with Crippen LogP contribution in [0.3, 0.4) is 0 Å². The number of hydrogen-bond donors (Lipinski definition) is 2. The van der Waals surface area contributed by atoms with E-state index in [1.165, 1.54) is 11.3 Å². The van der Waals surface area contributed by atoms with E-state index in [0.717, 1.165) is 36.1 Å². The molecule has 4 nitrogen and oxygen atoms in total. The van der Waals surface area contributed by atoms with Gasteiger partial charge in [-0.05, 0) is 24.8 Å². The van der Waals surface area contributed by atoms with Gasteiger partial charge in [0.15, 0.2) is 5.13 Å². The first-order valence-corrected chi connectivity index (χ1v) is 8.12. The lowest BCUT2D eigenvalue weighted by molar-refractivity contribution is -0.120. The first kappa shape index (κ1) is 16.9. The summed E-state index contributed by atoms with van der Waals surface area (Å²) in [6.07, 6.45) is 5.58. The van der Waals surface area contributed by atoms with Gasteiger partial charge in [0, 0.05) is 18.2 Å². The van der Waals surface area contributed by atoms with Gasteiger partial charge < -0.3 is 11.1 Å². The minimum Gasteiger partial charge on any atom is -0.328 e. The van der Waals surface area contributed by atoms with Crippen molar-refractivity contribution in [3.8, 4) is 10.4 Å². The van der Waals surface area contributed by atoms with E-state index >= 15 is 0 Å². The average molecular weight is 338 g/mol. The predicted molar refractivity (Wildman–Crippen MR) is 93.4 cm³/mol. The zero-order chi connectivity index (χ0) is 14.7. The minimum absolute atomic E-state index is 0. The summed E-state index contributed by atoms with van der Waals surface area (Å²) < 4.78 is 0. The third kappa shape index (κ3) is 4.06. The molecule has 1 aromatic heterocycles. The number of aromatic nitrogens is 1. The molecule has 0 spiro atoms. The van der Waals surface area contributed by atoms with E-state index in [0.29, 0.717) is 5.13 Å². The Bertz CT molecular complexity index is 617. The van der Waals surface area contributed by atoms with Gasteiger partial charge in [-0.25, -0.2) is 4.98 Å². The Labute approximate surface area is 140 Å². The molecule has 1 saturated carbocycles. The van der Waals surface area contributed by atoms with Gasteiger partial charge in [-0.2, -0.15) is 0 Å². The number of anilines is 1. The number of rotatable bonds is 3. The fourth-order valence-electron chi connectivity index (χ4n) is 2.74. The summed E-state index contributed by atoms with van der Waals surface area (Å²) >= 11 is 1.50. The Morgan fingerprint density at radius 2 is 2.05 bits per heavy atom. The Kier molecular flexibility index (Phi) is 5.94. The monoisotopic (exact) mass is 337 g/mol. The first-order valence-electron chi connectivity index (χ1n) is 7.30. The molecule has 6 heteroatoms. The lowest BCUT2D eigenvalue weighted by Gasteiger charge is -2.25. The van der Waals surface area contributed by atoms with Gasteiger partial charge in [0.2, 0.25) is 5.91 Å². The van der Waals surface area contributed by atoms with Crippen molar-refractivity contribution in [2.24, 2.45) is 11.7 Å². The van der Waals surface area contributed by atoms with Crippen LogP contribution in [0.25, 0.3) is 10.4 Å². The molecular weight excluding hydrogens is 318 g/mol. The molecule has 1 fully saturated rings. The van der Waals surface area contributed by atoms with Crippen molar-refractivity contribution in [2.45, 2.75) is 31.7 Å². The van der Waals surface area contributed by atoms with Crippen molar-refractivity contribution in [2.75, 3.05) is 5.32 Å². The number of thiazole rings is 1. The van der Waals surface area contributed by atoms with Crippen molar-refractivity contribution in [3.63, 3.8) is 0 Å². The van der Waals surface area contributed by atoms with Crippen molar-refractivity contribution in [3.05, 3.63) is 36.5 Å². The van der Waals surface area contributed by atoms with E-state index in [4.69, 9.17) is 5.73 Å². The maximum atomic E-state index is 12.3. The SMILES string of the molecule is Cl.NC1CCCC(C(=O)Nc2ncc(-c3ccccc3)s2)C1. The lowest BCUT2D eigenvalue weighted by Crippen LogP contribution is -2.34. The molecule has 1 heterocycles. The summed E-state index contributed by atoms with van der Waals surface area (Å²) in [4.78, 5) is 17.6. The van der Waals surface area contributed by atoms with Gasteiger partial charge in [-0.3, -0.25) is 4.79 Å². The standard InChI is InChI=1S/C16H19N3OS.ClH/c17-13-8-4-7-12(9-13)15(20)19-16-18-10-14(21-16)11-5-2-1-3-6-11;/h1-3,5-6,10,12-13H,4,7-9,17H2,(H,18,19,20);1H. The highest BCUT2D eigenvalue weighted by molar-refractivity contribution is 7.19. The first-order chi connectivity index (χ1) is 10.2. The highest BCUT2D eigenvalue weighted by atomic mass is 35.5. The highest BCUT2D eigenvalue weighted by Gasteiger charge is 2.25. The molecule has 1 aliphatic carbocycles. The van der Waals surface area contributed by atoms with E-state index in [1.807, 2.05) is 36.5 Å². The van der Waals surface area contributed by atoms with Gasteiger partial charge in [-0.1, -0.05) is 48.1 Å². The number of nitrogens with one attached hydrogen (secondary N) is 1. The molecule has 22 heavy (non-hydrogen) atoms. The summed E-state index contributed by atoms with van der Waals surface area (Å²) in [5, 5.41) is 3.60. The molecule has 1 amide bonds. The van der Waals surface area contributed by atoms with Crippen molar-refractivity contribution in [1.82, 2.24) is 4.98 Å². The minimum atomic E-state index is 0. The number of carbonyl (C=O) groups is 1. The Morgan fingerprint density at radius 3 is 2.77 bits per heavy atom. The highest BCUT2D eigenvalue weighted by Crippen LogP contribution is 2.30. The number of benzene rings is 1. The van der Waals surface area contributed by atoms with Crippen LogP contribution in [-0.4, -0.2) is 16.9 Å². The summed E-state index contributed by atoms with van der Waals surface area (Å²) in [5.74, 6) is 0.0805. The topological polar surface area (TPSA) is 68.0 Å². The average Bonchev–Trinajstić information content (AvgIpc) is 2.97. The molecule has 1 aliphatic rings. The van der Waals surface area contributed by atoms with Crippen molar-refractivity contribution in [1.29, 1.82) is 0 Å². The molecule has 118 valence electrons. The Balaban J connectivity index is 0.00000176. The third-order valence-corrected chi connectivity index (χ3v) is 4.84. The Morgan fingerprint density at radius 1 is 1.27 bits per heavy atom. The lowest BCUT2D eigenvalue weighted by atomic mass is 9.86. The van der Waals surface area contributed by atoms with Gasteiger partial charge in [0.1, 0.15) is 0 Å². The van der Waals surface area contributed by atoms with Crippen LogP contribution in [0.1, 0.15) is 25.7 Å². The van der Waals surface area contributed by atoms with Crippen molar-refractivity contribution < 1.29 is 4.79 Å². The van der Waals surface area contributed by atoms with Crippen LogP contribution in [0, 0.1) is 5.92 Å². The number of nitrogens with zero attached hydrogens (tertiary/aromatic N) is 1. The summed E-state index contributed by atoms with van der Waals surface area (Å²) in [6, 6.07) is 10.2. The van der Waals surface area contributed by atoms with E-state index in [2.05, 4.69) is 10.3 Å². The molecule has 0 radical (unpaired) electrons. The molecule has 2 aromatic rings. The van der Waals surface area contributed by atoms with Crippen LogP contribution in [0.15, 0.2) is 36.5 Å². The third-order valence-electron chi connectivity index (χ3n) is 3.88. The summed E-state index contributed by atoms with van der Waals surface area (Å²) in [6.45, 7) is 0. The number of amides is 1. The van der Waals surface area contributed by atoms with Crippen LogP contribution in [0.5, 0.6) is 0 Å². The molecular formula is C16H20ClN3OS. The van der Waals surface area contributed by atoms with Gasteiger partial charge in [0.25, 0.3) is 0 Å². The fourth-order valence-corrected chi connectivity index (χ4v) is 3.57. The van der Waals surface area contributed by atoms with E-state index in [-0.39, 0.29) is 30.3 Å². The largest absolute Gasteiger partial charge is 0.328 e. The molecule has 2 atom stereocenters. The van der Waals surface area contributed by atoms with Gasteiger partial charge in [-0.15, -0.1) is 12.4 Å². The smallest absolute Gasteiger partial charge is 0.229 e. The van der Waals surface area contributed by atoms with Crippen LogP contribution in [0.2, 0.25) is 0 Å². The van der Waals surface area contributed by atoms with E-state index in [1.54, 1.807) is 0 Å². The molecule has 3 rings (SSSR count). The predicted octanol–water partition coefficient (Wildman–Crippen LogP) is 3.69. The maximum Gasteiger partial charge on any atom is 0.229 e. The molecule has 3 N–H and O–H groups in total. The maximum absolute atomic E-state index is 12.3. The zero-order valence-corrected chi connectivity index (χ0v) is 13.8. The summed E-state index contributed by atoms with van der Waals surface area (Å²) in [7, 11) is 0. The summed E-state index contributed by atoms with van der Waals surface area (Å²) in [5.41, 5.74) is 7.06. The van der Waals surface area contributed by atoms with Crippen LogP contribution in [-0.2, 0) is 4.79 Å². The second-order valence-electron chi connectivity index (χ2n) is 5.51. The number of halogens is 1. The normalized spacial score (nSPS) is 21.0. The molecule has 2 unspecified atom stereocenters. The zero-order valence-electron chi connectivity index (χ0n) is 12.2. The number of nitrogens with two attached hydrogens (primary N) is 1. The molecule has 0 bridgehead atoms. The van der Waals surface area contributed by atoms with Crippen LogP contribution in [0.4, 0.5) is 5.13 Å². The van der Waals surface area contributed by atoms with E-state index < -0.39 is 0 Å².